The Bertz CT molecular complexity index is 594. The van der Waals surface area contributed by atoms with Crippen molar-refractivity contribution in [1.29, 1.82) is 0 Å². The second kappa shape index (κ2) is 5.88. The fourth-order valence-corrected chi connectivity index (χ4v) is 4.50. The van der Waals surface area contributed by atoms with Gasteiger partial charge in [0.05, 0.1) is 6.04 Å². The van der Waals surface area contributed by atoms with Crippen LogP contribution in [0.15, 0.2) is 24.3 Å². The van der Waals surface area contributed by atoms with Crippen LogP contribution in [0.4, 0.5) is 0 Å². The van der Waals surface area contributed by atoms with Crippen LogP contribution >= 0.6 is 22.9 Å². The molecule has 0 amide bonds. The van der Waals surface area contributed by atoms with Crippen LogP contribution in [0, 0.1) is 6.92 Å². The Labute approximate surface area is 130 Å². The number of hydrogen-bond donors (Lipinski definition) is 1. The van der Waals surface area contributed by atoms with Crippen LogP contribution in [0.5, 0.6) is 0 Å². The molecule has 1 nitrogen and oxygen atoms in total. The van der Waals surface area contributed by atoms with Crippen LogP contribution in [0.2, 0.25) is 5.02 Å². The molecule has 1 atom stereocenters. The molecular formula is C17H20ClNS. The maximum absolute atomic E-state index is 6.28. The summed E-state index contributed by atoms with van der Waals surface area (Å²) in [6.07, 6.45) is 5.18. The van der Waals surface area contributed by atoms with Gasteiger partial charge in [-0.1, -0.05) is 23.7 Å². The standard InChI is InChI=1S/C17H20ClNS/c1-11-7-8-13(9-14(11)18)17(19-2)16-10-12-5-3-4-6-15(12)20-16/h7-10,17,19H,3-6H2,1-2H3. The van der Waals surface area contributed by atoms with Gasteiger partial charge >= 0.3 is 0 Å². The van der Waals surface area contributed by atoms with Crippen molar-refractivity contribution in [3.8, 4) is 0 Å². The second-order valence-electron chi connectivity index (χ2n) is 5.53. The molecular weight excluding hydrogens is 286 g/mol. The Hall–Kier alpha value is -0.830. The number of rotatable bonds is 3. The van der Waals surface area contributed by atoms with Gasteiger partial charge in [-0.05, 0) is 68.5 Å². The summed E-state index contributed by atoms with van der Waals surface area (Å²) in [5.74, 6) is 0. The van der Waals surface area contributed by atoms with Crippen molar-refractivity contribution in [2.24, 2.45) is 0 Å². The number of benzene rings is 1. The van der Waals surface area contributed by atoms with E-state index in [9.17, 15) is 0 Å². The lowest BCUT2D eigenvalue weighted by atomic mass is 9.97. The van der Waals surface area contributed by atoms with Crippen LogP contribution in [0.3, 0.4) is 0 Å². The number of nitrogens with one attached hydrogen (secondary N) is 1. The second-order valence-corrected chi connectivity index (χ2v) is 7.11. The number of fused-ring (bicyclic) bond motifs is 1. The third-order valence-electron chi connectivity index (χ3n) is 4.12. The van der Waals surface area contributed by atoms with Crippen LogP contribution in [0.1, 0.15) is 45.3 Å². The molecule has 2 aromatic rings. The molecule has 1 unspecified atom stereocenters. The van der Waals surface area contributed by atoms with Gasteiger partial charge in [0.25, 0.3) is 0 Å². The van der Waals surface area contributed by atoms with Crippen LogP contribution < -0.4 is 5.32 Å². The molecule has 20 heavy (non-hydrogen) atoms. The highest BCUT2D eigenvalue weighted by atomic mass is 35.5. The molecule has 1 aromatic heterocycles. The van der Waals surface area contributed by atoms with Gasteiger partial charge in [0, 0.05) is 14.8 Å². The van der Waals surface area contributed by atoms with Gasteiger partial charge in [0.2, 0.25) is 0 Å². The van der Waals surface area contributed by atoms with Gasteiger partial charge in [-0.2, -0.15) is 0 Å². The summed E-state index contributed by atoms with van der Waals surface area (Å²) in [5, 5.41) is 4.29. The van der Waals surface area contributed by atoms with Gasteiger partial charge in [-0.15, -0.1) is 11.3 Å². The molecule has 0 aliphatic heterocycles. The molecule has 1 aliphatic rings. The molecule has 106 valence electrons. The minimum atomic E-state index is 0.253. The quantitative estimate of drug-likeness (QED) is 0.850. The van der Waals surface area contributed by atoms with E-state index < -0.39 is 0 Å². The molecule has 0 bridgehead atoms. The summed E-state index contributed by atoms with van der Waals surface area (Å²) in [7, 11) is 2.02. The first-order valence-corrected chi connectivity index (χ1v) is 8.43. The van der Waals surface area contributed by atoms with Gasteiger partial charge in [0.15, 0.2) is 0 Å². The molecule has 0 radical (unpaired) electrons. The zero-order valence-corrected chi connectivity index (χ0v) is 13.6. The summed E-state index contributed by atoms with van der Waals surface area (Å²) >= 11 is 8.25. The molecule has 0 saturated heterocycles. The SMILES string of the molecule is CNC(c1ccc(C)c(Cl)c1)c1cc2c(s1)CCCC2. The van der Waals surface area contributed by atoms with E-state index in [0.29, 0.717) is 0 Å². The topological polar surface area (TPSA) is 12.0 Å². The Kier molecular flexibility index (Phi) is 4.16. The zero-order valence-electron chi connectivity index (χ0n) is 12.0. The Morgan fingerprint density at radius 3 is 2.70 bits per heavy atom. The van der Waals surface area contributed by atoms with E-state index in [1.807, 2.05) is 25.3 Å². The maximum Gasteiger partial charge on any atom is 0.0669 e. The third-order valence-corrected chi connectivity index (χ3v) is 5.83. The average molecular weight is 306 g/mol. The molecule has 1 aliphatic carbocycles. The predicted molar refractivity (Wildman–Crippen MR) is 88.1 cm³/mol. The molecule has 3 rings (SSSR count). The van der Waals surface area contributed by atoms with Crippen molar-refractivity contribution >= 4 is 22.9 Å². The fraction of sp³-hybridized carbons (Fsp3) is 0.412. The highest BCUT2D eigenvalue weighted by molar-refractivity contribution is 7.12. The van der Waals surface area contributed by atoms with Gasteiger partial charge in [-0.25, -0.2) is 0 Å². The van der Waals surface area contributed by atoms with Crippen LogP contribution in [0.25, 0.3) is 0 Å². The van der Waals surface area contributed by atoms with Crippen molar-refractivity contribution in [3.63, 3.8) is 0 Å². The molecule has 0 saturated carbocycles. The molecule has 1 aromatic carbocycles. The Morgan fingerprint density at radius 1 is 1.20 bits per heavy atom. The summed E-state index contributed by atoms with van der Waals surface area (Å²) in [4.78, 5) is 3.00. The highest BCUT2D eigenvalue weighted by Crippen LogP contribution is 2.36. The fourth-order valence-electron chi connectivity index (χ4n) is 2.92. The first kappa shape index (κ1) is 14.1. The molecule has 3 heteroatoms. The van der Waals surface area contributed by atoms with Crippen molar-refractivity contribution in [1.82, 2.24) is 5.32 Å². The van der Waals surface area contributed by atoms with E-state index in [2.05, 4.69) is 29.6 Å². The number of aryl methyl sites for hydroxylation is 3. The van der Waals surface area contributed by atoms with E-state index in [1.54, 1.807) is 10.4 Å². The Balaban J connectivity index is 1.96. The lowest BCUT2D eigenvalue weighted by molar-refractivity contribution is 0.691. The summed E-state index contributed by atoms with van der Waals surface area (Å²) in [6.45, 7) is 2.05. The normalized spacial score (nSPS) is 15.9. The van der Waals surface area contributed by atoms with Crippen LogP contribution in [-0.4, -0.2) is 7.05 Å². The lowest BCUT2D eigenvalue weighted by Crippen LogP contribution is -2.16. The monoisotopic (exact) mass is 305 g/mol. The highest BCUT2D eigenvalue weighted by Gasteiger charge is 2.19. The van der Waals surface area contributed by atoms with Crippen LogP contribution in [-0.2, 0) is 12.8 Å². The van der Waals surface area contributed by atoms with E-state index in [-0.39, 0.29) is 6.04 Å². The zero-order chi connectivity index (χ0) is 14.1. The average Bonchev–Trinajstić information content (AvgIpc) is 2.87. The smallest absolute Gasteiger partial charge is 0.0669 e. The summed E-state index contributed by atoms with van der Waals surface area (Å²) < 4.78 is 0. The first-order valence-electron chi connectivity index (χ1n) is 7.24. The van der Waals surface area contributed by atoms with E-state index >= 15 is 0 Å². The summed E-state index contributed by atoms with van der Waals surface area (Å²) in [6, 6.07) is 9.03. The Morgan fingerprint density at radius 2 is 2.00 bits per heavy atom. The van der Waals surface area contributed by atoms with E-state index in [1.165, 1.54) is 36.1 Å². The van der Waals surface area contributed by atoms with Crippen molar-refractivity contribution in [2.75, 3.05) is 7.05 Å². The van der Waals surface area contributed by atoms with Crippen molar-refractivity contribution in [2.45, 2.75) is 38.6 Å². The van der Waals surface area contributed by atoms with Gasteiger partial charge in [0.1, 0.15) is 0 Å². The molecule has 0 fully saturated rings. The van der Waals surface area contributed by atoms with Gasteiger partial charge in [-0.3, -0.25) is 0 Å². The van der Waals surface area contributed by atoms with Crippen molar-refractivity contribution in [3.05, 3.63) is 55.7 Å². The number of halogens is 1. The number of thiophene rings is 1. The lowest BCUT2D eigenvalue weighted by Gasteiger charge is -2.16. The minimum Gasteiger partial charge on any atom is -0.309 e. The maximum atomic E-state index is 6.28. The third kappa shape index (κ3) is 2.65. The van der Waals surface area contributed by atoms with E-state index in [4.69, 9.17) is 11.6 Å². The summed E-state index contributed by atoms with van der Waals surface area (Å²) in [5.41, 5.74) is 3.95. The molecule has 1 heterocycles. The largest absolute Gasteiger partial charge is 0.309 e. The minimum absolute atomic E-state index is 0.253. The van der Waals surface area contributed by atoms with Crippen molar-refractivity contribution < 1.29 is 0 Å². The molecule has 1 N–H and O–H groups in total. The number of hydrogen-bond acceptors (Lipinski definition) is 2. The van der Waals surface area contributed by atoms with E-state index in [0.717, 1.165) is 10.6 Å². The molecule has 0 spiro atoms. The van der Waals surface area contributed by atoms with Gasteiger partial charge < -0.3 is 5.32 Å². The first-order chi connectivity index (χ1) is 9.69. The predicted octanol–water partition coefficient (Wildman–Crippen LogP) is 4.90.